The van der Waals surface area contributed by atoms with Crippen LogP contribution in [0.3, 0.4) is 0 Å². The fourth-order valence-corrected chi connectivity index (χ4v) is 5.96. The smallest absolute Gasteiger partial charge is 0.128 e. The molecule has 0 bridgehead atoms. The van der Waals surface area contributed by atoms with Crippen molar-refractivity contribution in [1.29, 1.82) is 0 Å². The van der Waals surface area contributed by atoms with Crippen molar-refractivity contribution in [3.05, 3.63) is 136 Å². The van der Waals surface area contributed by atoms with E-state index < -0.39 is 0 Å². The van der Waals surface area contributed by atoms with Crippen LogP contribution in [0.5, 0.6) is 5.75 Å². The second kappa shape index (κ2) is 9.66. The van der Waals surface area contributed by atoms with Gasteiger partial charge < -0.3 is 15.8 Å². The van der Waals surface area contributed by atoms with E-state index in [0.29, 0.717) is 0 Å². The van der Waals surface area contributed by atoms with Gasteiger partial charge in [-0.15, -0.1) is 0 Å². The molecule has 2 aliphatic heterocycles. The van der Waals surface area contributed by atoms with Gasteiger partial charge in [-0.05, 0) is 83.9 Å². The predicted molar refractivity (Wildman–Crippen MR) is 153 cm³/mol. The standard InChI is InChI=1S/C33H32N4O/c34-29-18-22(23-11-15-28-27-6-2-4-8-32(27)38-33(28)19-23)12-16-31(29)37-36-26-13-9-21(10-14-26)25-17-24-5-1-3-7-30(24)35-20-25/h2-4,6-9,11-13,15-19,28-29,33,35-36H,1,5,10,14,20,34H2/b37-31-. The van der Waals surface area contributed by atoms with E-state index in [1.165, 1.54) is 28.0 Å². The first-order valence-electron chi connectivity index (χ1n) is 13.6. The summed E-state index contributed by atoms with van der Waals surface area (Å²) in [5.74, 6) is 1.26. The Hall–Kier alpha value is -4.09. The van der Waals surface area contributed by atoms with Crippen LogP contribution in [0.1, 0.15) is 37.2 Å². The van der Waals surface area contributed by atoms with Gasteiger partial charge in [-0.3, -0.25) is 5.43 Å². The summed E-state index contributed by atoms with van der Waals surface area (Å²) < 4.78 is 6.19. The van der Waals surface area contributed by atoms with Gasteiger partial charge in [0, 0.05) is 29.4 Å². The van der Waals surface area contributed by atoms with Gasteiger partial charge in [0.2, 0.25) is 0 Å². The quantitative estimate of drug-likeness (QED) is 0.475. The molecule has 0 radical (unpaired) electrons. The lowest BCUT2D eigenvalue weighted by Crippen LogP contribution is -2.31. The fraction of sp³-hybridized carbons (Fsp3) is 0.242. The highest BCUT2D eigenvalue weighted by Gasteiger charge is 2.33. The van der Waals surface area contributed by atoms with Crippen molar-refractivity contribution in [1.82, 2.24) is 10.7 Å². The molecule has 4 aliphatic carbocycles. The van der Waals surface area contributed by atoms with Crippen LogP contribution in [0, 0.1) is 0 Å². The third kappa shape index (κ3) is 4.33. The number of fused-ring (bicyclic) bond motifs is 3. The lowest BCUT2D eigenvalue weighted by Gasteiger charge is -2.25. The van der Waals surface area contributed by atoms with E-state index in [1.807, 2.05) is 18.2 Å². The number of hydrogen-bond acceptors (Lipinski definition) is 5. The summed E-state index contributed by atoms with van der Waals surface area (Å²) in [6, 6.07) is 8.03. The van der Waals surface area contributed by atoms with Gasteiger partial charge in [-0.2, -0.15) is 5.10 Å². The lowest BCUT2D eigenvalue weighted by molar-refractivity contribution is 0.268. The first-order chi connectivity index (χ1) is 18.7. The fourth-order valence-electron chi connectivity index (χ4n) is 5.96. The van der Waals surface area contributed by atoms with Gasteiger partial charge in [0.15, 0.2) is 0 Å². The van der Waals surface area contributed by atoms with Crippen molar-refractivity contribution in [3.8, 4) is 5.75 Å². The van der Waals surface area contributed by atoms with Crippen LogP contribution in [0.15, 0.2) is 135 Å². The van der Waals surface area contributed by atoms with Crippen molar-refractivity contribution >= 4 is 5.71 Å². The minimum atomic E-state index is -0.267. The van der Waals surface area contributed by atoms with Crippen molar-refractivity contribution in [2.24, 2.45) is 10.8 Å². The number of hydrazone groups is 1. The third-order valence-corrected chi connectivity index (χ3v) is 8.11. The maximum Gasteiger partial charge on any atom is 0.128 e. The molecule has 1 aromatic rings. The lowest BCUT2D eigenvalue weighted by atomic mass is 9.86. The number of benzene rings is 1. The molecule has 4 N–H and O–H groups in total. The predicted octanol–water partition coefficient (Wildman–Crippen LogP) is 5.53. The molecular weight excluding hydrogens is 468 g/mol. The van der Waals surface area contributed by atoms with E-state index in [0.717, 1.165) is 60.5 Å². The third-order valence-electron chi connectivity index (χ3n) is 8.11. The van der Waals surface area contributed by atoms with Crippen molar-refractivity contribution < 1.29 is 4.74 Å². The highest BCUT2D eigenvalue weighted by atomic mass is 16.5. The summed E-state index contributed by atoms with van der Waals surface area (Å²) in [7, 11) is 0. The van der Waals surface area contributed by atoms with Gasteiger partial charge in [-0.25, -0.2) is 0 Å². The van der Waals surface area contributed by atoms with E-state index in [-0.39, 0.29) is 18.1 Å². The molecule has 2 heterocycles. The van der Waals surface area contributed by atoms with Crippen molar-refractivity contribution in [2.75, 3.05) is 6.54 Å². The van der Waals surface area contributed by atoms with Gasteiger partial charge in [0.1, 0.15) is 11.9 Å². The summed E-state index contributed by atoms with van der Waals surface area (Å²) in [6.45, 7) is 0.897. The minimum Gasteiger partial charge on any atom is -0.485 e. The Morgan fingerprint density at radius 1 is 0.947 bits per heavy atom. The first kappa shape index (κ1) is 23.1. The Balaban J connectivity index is 1.00. The molecule has 7 rings (SSSR count). The summed E-state index contributed by atoms with van der Waals surface area (Å²) in [6.07, 6.45) is 28.3. The molecule has 0 aromatic heterocycles. The number of nitrogens with zero attached hydrogens (tertiary/aromatic N) is 1. The number of rotatable bonds is 4. The van der Waals surface area contributed by atoms with Gasteiger partial charge in [0.25, 0.3) is 0 Å². The topological polar surface area (TPSA) is 71.7 Å². The number of dihydropyridines is 1. The zero-order valence-electron chi connectivity index (χ0n) is 21.4. The largest absolute Gasteiger partial charge is 0.485 e. The Kier molecular flexibility index (Phi) is 5.86. The van der Waals surface area contributed by atoms with Crippen LogP contribution < -0.4 is 21.2 Å². The number of ether oxygens (including phenoxy) is 1. The van der Waals surface area contributed by atoms with Gasteiger partial charge >= 0.3 is 0 Å². The van der Waals surface area contributed by atoms with Crippen LogP contribution in [0.4, 0.5) is 0 Å². The average molecular weight is 501 g/mol. The van der Waals surface area contributed by atoms with Crippen LogP contribution >= 0.6 is 0 Å². The monoisotopic (exact) mass is 500 g/mol. The summed E-state index contributed by atoms with van der Waals surface area (Å²) in [5, 5.41) is 8.23. The van der Waals surface area contributed by atoms with Crippen molar-refractivity contribution in [2.45, 2.75) is 43.7 Å². The molecule has 0 saturated heterocycles. The molecule has 6 aliphatic rings. The molecule has 3 atom stereocenters. The average Bonchev–Trinajstić information content (AvgIpc) is 3.34. The van der Waals surface area contributed by atoms with E-state index in [2.05, 4.69) is 88.7 Å². The molecule has 0 fully saturated rings. The van der Waals surface area contributed by atoms with E-state index in [1.54, 1.807) is 0 Å². The van der Waals surface area contributed by atoms with E-state index >= 15 is 0 Å². The number of para-hydroxylation sites is 1. The Bertz CT molecular complexity index is 1490. The molecule has 190 valence electrons. The number of nitrogens with two attached hydrogens (primary N) is 1. The Labute approximate surface area is 223 Å². The second-order valence-electron chi connectivity index (χ2n) is 10.5. The molecule has 5 heteroatoms. The molecule has 0 spiro atoms. The molecule has 38 heavy (non-hydrogen) atoms. The van der Waals surface area contributed by atoms with Crippen LogP contribution in [-0.2, 0) is 0 Å². The molecule has 5 nitrogen and oxygen atoms in total. The molecule has 1 aromatic carbocycles. The molecule has 3 unspecified atom stereocenters. The van der Waals surface area contributed by atoms with Crippen LogP contribution in [0.2, 0.25) is 0 Å². The molecular formula is C33H32N4O. The molecule has 0 amide bonds. The number of hydrogen-bond donors (Lipinski definition) is 3. The minimum absolute atomic E-state index is 0.0317. The maximum atomic E-state index is 6.50. The first-order valence-corrected chi connectivity index (χ1v) is 13.6. The zero-order valence-corrected chi connectivity index (χ0v) is 21.4. The van der Waals surface area contributed by atoms with Gasteiger partial charge in [-0.1, -0.05) is 60.7 Å². The summed E-state index contributed by atoms with van der Waals surface area (Å²) in [5.41, 5.74) is 20.8. The maximum absolute atomic E-state index is 6.50. The highest BCUT2D eigenvalue weighted by molar-refractivity contribution is 6.02. The summed E-state index contributed by atoms with van der Waals surface area (Å²) in [4.78, 5) is 0. The Morgan fingerprint density at radius 2 is 1.87 bits per heavy atom. The molecule has 0 saturated carbocycles. The number of nitrogens with one attached hydrogen (secondary N) is 2. The normalized spacial score (nSPS) is 28.2. The Morgan fingerprint density at radius 3 is 2.76 bits per heavy atom. The van der Waals surface area contributed by atoms with Gasteiger partial charge in [0.05, 0.1) is 11.8 Å². The number of allylic oxidation sites excluding steroid dienone is 11. The van der Waals surface area contributed by atoms with E-state index in [9.17, 15) is 0 Å². The SMILES string of the molecule is NC1C=C(C2=CC3Oc4ccccc4C3C=C2)C=C/C1=N/NC1=CC=C(C2=CC3=C(C=CCC3)NC2)CC1. The van der Waals surface area contributed by atoms with Crippen molar-refractivity contribution in [3.63, 3.8) is 0 Å². The highest BCUT2D eigenvalue weighted by Crippen LogP contribution is 2.42. The van der Waals surface area contributed by atoms with E-state index in [4.69, 9.17) is 10.5 Å². The second-order valence-corrected chi connectivity index (χ2v) is 10.5. The zero-order chi connectivity index (χ0) is 25.5. The van der Waals surface area contributed by atoms with Crippen LogP contribution in [0.25, 0.3) is 0 Å². The van der Waals surface area contributed by atoms with Crippen LogP contribution in [-0.4, -0.2) is 24.4 Å². The summed E-state index contributed by atoms with van der Waals surface area (Å²) >= 11 is 0.